The van der Waals surface area contributed by atoms with Crippen LogP contribution in [0.25, 0.3) is 0 Å². The first-order valence-electron chi connectivity index (χ1n) is 6.91. The number of hydrogen-bond acceptors (Lipinski definition) is 3. The molecule has 0 aliphatic carbocycles. The molecule has 1 saturated heterocycles. The summed E-state index contributed by atoms with van der Waals surface area (Å²) in [5, 5.41) is 0. The molecule has 4 heteroatoms. The molecule has 2 N–H and O–H groups in total. The smallest absolute Gasteiger partial charge is 0.0702 e. The molecule has 0 amide bonds. The quantitative estimate of drug-likeness (QED) is 0.904. The summed E-state index contributed by atoms with van der Waals surface area (Å²) >= 11 is 3.49. The summed E-state index contributed by atoms with van der Waals surface area (Å²) in [5.74, 6) is 0. The zero-order valence-electron chi connectivity index (χ0n) is 11.7. The predicted molar refractivity (Wildman–Crippen MR) is 82.1 cm³/mol. The van der Waals surface area contributed by atoms with Gasteiger partial charge in [-0.3, -0.25) is 0 Å². The van der Waals surface area contributed by atoms with Crippen molar-refractivity contribution < 1.29 is 4.74 Å². The normalized spacial score (nSPS) is 24.9. The summed E-state index contributed by atoms with van der Waals surface area (Å²) < 4.78 is 6.70. The highest BCUT2D eigenvalue weighted by atomic mass is 79.9. The number of benzene rings is 1. The van der Waals surface area contributed by atoms with Crippen LogP contribution in [0.2, 0.25) is 0 Å². The maximum atomic E-state index is 6.27. The molecule has 3 unspecified atom stereocenters. The van der Waals surface area contributed by atoms with E-state index >= 15 is 0 Å². The third-order valence-electron chi connectivity index (χ3n) is 3.97. The van der Waals surface area contributed by atoms with Crippen molar-refractivity contribution >= 4 is 15.9 Å². The Bertz CT molecular complexity index is 413. The Morgan fingerprint density at radius 3 is 2.95 bits per heavy atom. The molecule has 0 radical (unpaired) electrons. The largest absolute Gasteiger partial charge is 0.377 e. The van der Waals surface area contributed by atoms with Gasteiger partial charge in [0.1, 0.15) is 0 Å². The first-order chi connectivity index (χ1) is 9.08. The minimum atomic E-state index is 0.0950. The highest BCUT2D eigenvalue weighted by molar-refractivity contribution is 9.10. The molecule has 1 heterocycles. The number of halogens is 1. The molecule has 1 aliphatic heterocycles. The minimum Gasteiger partial charge on any atom is -0.377 e. The number of rotatable bonds is 5. The van der Waals surface area contributed by atoms with E-state index in [9.17, 15) is 0 Å². The van der Waals surface area contributed by atoms with Gasteiger partial charge >= 0.3 is 0 Å². The second-order valence-electron chi connectivity index (χ2n) is 5.36. The summed E-state index contributed by atoms with van der Waals surface area (Å²) in [6.45, 7) is 4.04. The second kappa shape index (κ2) is 6.84. The lowest BCUT2D eigenvalue weighted by Crippen LogP contribution is -2.38. The summed E-state index contributed by atoms with van der Waals surface area (Å²) in [6, 6.07) is 8.89. The van der Waals surface area contributed by atoms with Crippen LogP contribution in [0.4, 0.5) is 0 Å². The number of nitrogens with two attached hydrogens (primary N) is 1. The lowest BCUT2D eigenvalue weighted by atomic mass is 10.0. The van der Waals surface area contributed by atoms with Gasteiger partial charge in [0.15, 0.2) is 0 Å². The topological polar surface area (TPSA) is 38.5 Å². The van der Waals surface area contributed by atoms with E-state index in [1.165, 1.54) is 5.56 Å². The Morgan fingerprint density at radius 1 is 1.53 bits per heavy atom. The molecule has 106 valence electrons. The Labute approximate surface area is 124 Å². The van der Waals surface area contributed by atoms with Crippen LogP contribution in [0.5, 0.6) is 0 Å². The molecule has 0 saturated carbocycles. The molecular formula is C15H23BrN2O. The molecule has 1 aromatic carbocycles. The van der Waals surface area contributed by atoms with Crippen LogP contribution in [0.1, 0.15) is 31.4 Å². The Kier molecular flexibility index (Phi) is 5.39. The monoisotopic (exact) mass is 326 g/mol. The zero-order valence-corrected chi connectivity index (χ0v) is 13.3. The SMILES string of the molecule is CC1OCCC1N(C)CCC(N)c1cccc(Br)c1. The molecule has 0 spiro atoms. The summed E-state index contributed by atoms with van der Waals surface area (Å²) in [7, 11) is 2.17. The first kappa shape index (κ1) is 15.0. The van der Waals surface area contributed by atoms with Gasteiger partial charge in [-0.15, -0.1) is 0 Å². The van der Waals surface area contributed by atoms with Crippen molar-refractivity contribution in [3.05, 3.63) is 34.3 Å². The highest BCUT2D eigenvalue weighted by Crippen LogP contribution is 2.22. The van der Waals surface area contributed by atoms with E-state index in [0.29, 0.717) is 12.1 Å². The van der Waals surface area contributed by atoms with Crippen LogP contribution < -0.4 is 5.73 Å². The van der Waals surface area contributed by atoms with E-state index in [-0.39, 0.29) is 6.04 Å². The second-order valence-corrected chi connectivity index (χ2v) is 6.28. The molecular weight excluding hydrogens is 304 g/mol. The fourth-order valence-corrected chi connectivity index (χ4v) is 3.13. The Balaban J connectivity index is 1.84. The van der Waals surface area contributed by atoms with E-state index in [2.05, 4.69) is 46.9 Å². The van der Waals surface area contributed by atoms with Crippen LogP contribution in [0.3, 0.4) is 0 Å². The summed E-state index contributed by atoms with van der Waals surface area (Å²) in [4.78, 5) is 2.38. The average Bonchev–Trinajstić information content (AvgIpc) is 2.82. The van der Waals surface area contributed by atoms with Crippen molar-refractivity contribution in [2.24, 2.45) is 5.73 Å². The van der Waals surface area contributed by atoms with Crippen molar-refractivity contribution in [1.82, 2.24) is 4.90 Å². The third kappa shape index (κ3) is 4.02. The van der Waals surface area contributed by atoms with E-state index in [4.69, 9.17) is 10.5 Å². The van der Waals surface area contributed by atoms with Crippen molar-refractivity contribution in [1.29, 1.82) is 0 Å². The van der Waals surface area contributed by atoms with Gasteiger partial charge in [0, 0.05) is 29.7 Å². The molecule has 2 rings (SSSR count). The number of likely N-dealkylation sites (N-methyl/N-ethyl adjacent to an activating group) is 1. The molecule has 19 heavy (non-hydrogen) atoms. The summed E-state index contributed by atoms with van der Waals surface area (Å²) in [5.41, 5.74) is 7.46. The molecule has 1 aliphatic rings. The van der Waals surface area contributed by atoms with Crippen LogP contribution in [0.15, 0.2) is 28.7 Å². The van der Waals surface area contributed by atoms with Crippen molar-refractivity contribution in [2.75, 3.05) is 20.2 Å². The van der Waals surface area contributed by atoms with Crippen molar-refractivity contribution in [2.45, 2.75) is 38.0 Å². The molecule has 3 nitrogen and oxygen atoms in total. The van der Waals surface area contributed by atoms with Crippen LogP contribution in [-0.2, 0) is 4.74 Å². The zero-order chi connectivity index (χ0) is 13.8. The minimum absolute atomic E-state index is 0.0950. The highest BCUT2D eigenvalue weighted by Gasteiger charge is 2.27. The van der Waals surface area contributed by atoms with Gasteiger partial charge in [-0.1, -0.05) is 28.1 Å². The lowest BCUT2D eigenvalue weighted by Gasteiger charge is -2.27. The standard InChI is InChI=1S/C15H23BrN2O/c1-11-15(7-9-19-11)18(2)8-6-14(17)12-4-3-5-13(16)10-12/h3-5,10-11,14-15H,6-9,17H2,1-2H3. The summed E-state index contributed by atoms with van der Waals surface area (Å²) in [6.07, 6.45) is 2.44. The van der Waals surface area contributed by atoms with Crippen molar-refractivity contribution in [3.8, 4) is 0 Å². The molecule has 1 fully saturated rings. The van der Waals surface area contributed by atoms with Gasteiger partial charge in [-0.25, -0.2) is 0 Å². The van der Waals surface area contributed by atoms with Crippen LogP contribution in [0, 0.1) is 0 Å². The fraction of sp³-hybridized carbons (Fsp3) is 0.600. The van der Waals surface area contributed by atoms with E-state index < -0.39 is 0 Å². The van der Waals surface area contributed by atoms with E-state index in [0.717, 1.165) is 30.5 Å². The average molecular weight is 327 g/mol. The maximum absolute atomic E-state index is 6.27. The van der Waals surface area contributed by atoms with Crippen LogP contribution >= 0.6 is 15.9 Å². The first-order valence-corrected chi connectivity index (χ1v) is 7.70. The Morgan fingerprint density at radius 2 is 2.32 bits per heavy atom. The number of ether oxygens (including phenoxy) is 1. The molecule has 3 atom stereocenters. The number of nitrogens with zero attached hydrogens (tertiary/aromatic N) is 1. The van der Waals surface area contributed by atoms with Gasteiger partial charge in [0.2, 0.25) is 0 Å². The van der Waals surface area contributed by atoms with Crippen LogP contribution in [-0.4, -0.2) is 37.2 Å². The maximum Gasteiger partial charge on any atom is 0.0702 e. The van der Waals surface area contributed by atoms with Gasteiger partial charge in [-0.2, -0.15) is 0 Å². The third-order valence-corrected chi connectivity index (χ3v) is 4.47. The van der Waals surface area contributed by atoms with Crippen molar-refractivity contribution in [3.63, 3.8) is 0 Å². The number of hydrogen-bond donors (Lipinski definition) is 1. The molecule has 1 aromatic rings. The Hall–Kier alpha value is -0.420. The fourth-order valence-electron chi connectivity index (χ4n) is 2.71. The predicted octanol–water partition coefficient (Wildman–Crippen LogP) is 2.95. The van der Waals surface area contributed by atoms with E-state index in [1.807, 2.05) is 12.1 Å². The lowest BCUT2D eigenvalue weighted by molar-refractivity contribution is 0.0827. The van der Waals surface area contributed by atoms with Gasteiger partial charge in [0.05, 0.1) is 6.10 Å². The molecule has 0 aromatic heterocycles. The van der Waals surface area contributed by atoms with Gasteiger partial charge < -0.3 is 15.4 Å². The molecule has 0 bridgehead atoms. The van der Waals surface area contributed by atoms with E-state index in [1.54, 1.807) is 0 Å². The van der Waals surface area contributed by atoms with Gasteiger partial charge in [0.25, 0.3) is 0 Å². The van der Waals surface area contributed by atoms with Gasteiger partial charge in [-0.05, 0) is 44.5 Å².